The summed E-state index contributed by atoms with van der Waals surface area (Å²) in [6, 6.07) is 0. The molecular weight excluding hydrogens is 184 g/mol. The van der Waals surface area contributed by atoms with Gasteiger partial charge >= 0.3 is 0 Å². The molecule has 0 radical (unpaired) electrons. The largest absolute Gasteiger partial charge is 0.300 e. The van der Waals surface area contributed by atoms with Crippen molar-refractivity contribution in [3.05, 3.63) is 0 Å². The smallest absolute Gasteiger partial charge is 0.133 e. The van der Waals surface area contributed by atoms with Gasteiger partial charge in [0.15, 0.2) is 0 Å². The number of rotatable bonds is 1. The molecule has 0 bridgehead atoms. The minimum absolute atomic E-state index is 0.516. The second kappa shape index (κ2) is 7.90. The van der Waals surface area contributed by atoms with Gasteiger partial charge in [-0.05, 0) is 12.3 Å². The molecule has 88 valence electrons. The summed E-state index contributed by atoms with van der Waals surface area (Å²) in [6.07, 6.45) is 13.4. The first-order valence-corrected chi connectivity index (χ1v) is 6.84. The van der Waals surface area contributed by atoms with Crippen LogP contribution < -0.4 is 0 Å². The van der Waals surface area contributed by atoms with Crippen molar-refractivity contribution in [3.8, 4) is 0 Å². The third kappa shape index (κ3) is 5.96. The zero-order valence-corrected chi connectivity index (χ0v) is 10.3. The van der Waals surface area contributed by atoms with Crippen molar-refractivity contribution >= 4 is 5.78 Å². The first-order valence-electron chi connectivity index (χ1n) is 6.84. The van der Waals surface area contributed by atoms with Gasteiger partial charge in [-0.15, -0.1) is 0 Å². The third-order valence-corrected chi connectivity index (χ3v) is 3.66. The maximum absolute atomic E-state index is 11.7. The lowest BCUT2D eigenvalue weighted by molar-refractivity contribution is -0.120. The van der Waals surface area contributed by atoms with Crippen molar-refractivity contribution in [2.75, 3.05) is 0 Å². The maximum Gasteiger partial charge on any atom is 0.133 e. The Hall–Kier alpha value is -0.330. The average molecular weight is 210 g/mol. The zero-order valence-electron chi connectivity index (χ0n) is 10.3. The van der Waals surface area contributed by atoms with Crippen LogP contribution in [0.4, 0.5) is 0 Å². The number of ketones is 1. The van der Waals surface area contributed by atoms with Gasteiger partial charge in [0, 0.05) is 12.8 Å². The van der Waals surface area contributed by atoms with Gasteiger partial charge in [-0.2, -0.15) is 0 Å². The average Bonchev–Trinajstić information content (AvgIpc) is 2.22. The zero-order chi connectivity index (χ0) is 10.9. The van der Waals surface area contributed by atoms with E-state index in [0.29, 0.717) is 11.7 Å². The Balaban J connectivity index is 2.32. The molecule has 1 heteroatoms. The fourth-order valence-electron chi connectivity index (χ4n) is 2.51. The summed E-state index contributed by atoms with van der Waals surface area (Å²) in [4.78, 5) is 11.7. The molecule has 0 heterocycles. The van der Waals surface area contributed by atoms with Crippen molar-refractivity contribution in [2.45, 2.75) is 77.6 Å². The van der Waals surface area contributed by atoms with E-state index in [4.69, 9.17) is 0 Å². The minimum Gasteiger partial charge on any atom is -0.300 e. The molecule has 1 unspecified atom stereocenters. The lowest BCUT2D eigenvalue weighted by Crippen LogP contribution is -2.08. The second-order valence-corrected chi connectivity index (χ2v) is 5.03. The topological polar surface area (TPSA) is 17.1 Å². The van der Waals surface area contributed by atoms with Crippen LogP contribution >= 0.6 is 0 Å². The molecular formula is C14H26O. The van der Waals surface area contributed by atoms with Crippen LogP contribution in [0.1, 0.15) is 77.6 Å². The molecule has 1 aliphatic rings. The Kier molecular flexibility index (Phi) is 6.71. The fraction of sp³-hybridized carbons (Fsp3) is 0.929. The highest BCUT2D eigenvalue weighted by atomic mass is 16.1. The summed E-state index contributed by atoms with van der Waals surface area (Å²) in [7, 11) is 0. The summed E-state index contributed by atoms with van der Waals surface area (Å²) in [5.41, 5.74) is 0. The highest BCUT2D eigenvalue weighted by molar-refractivity contribution is 5.78. The van der Waals surface area contributed by atoms with E-state index in [1.165, 1.54) is 51.4 Å². The van der Waals surface area contributed by atoms with Gasteiger partial charge in [-0.25, -0.2) is 0 Å². The molecule has 1 fully saturated rings. The van der Waals surface area contributed by atoms with E-state index in [1.807, 2.05) is 0 Å². The quantitative estimate of drug-likeness (QED) is 0.623. The molecule has 1 nitrogen and oxygen atoms in total. The summed E-state index contributed by atoms with van der Waals surface area (Å²) in [5, 5.41) is 0. The summed E-state index contributed by atoms with van der Waals surface area (Å²) in [5.74, 6) is 1.19. The van der Waals surface area contributed by atoms with Crippen LogP contribution in [0.25, 0.3) is 0 Å². The van der Waals surface area contributed by atoms with Gasteiger partial charge in [0.1, 0.15) is 5.78 Å². The summed E-state index contributed by atoms with van der Waals surface area (Å²) >= 11 is 0. The highest BCUT2D eigenvalue weighted by Gasteiger charge is 2.12. The molecule has 0 aromatic rings. The Bertz CT molecular complexity index is 174. The molecule has 1 saturated carbocycles. The number of carbonyl (C=O) groups is 1. The Labute approximate surface area is 94.6 Å². The van der Waals surface area contributed by atoms with Crippen molar-refractivity contribution in [2.24, 2.45) is 5.92 Å². The van der Waals surface area contributed by atoms with Gasteiger partial charge < -0.3 is 0 Å². The van der Waals surface area contributed by atoms with Gasteiger partial charge in [-0.3, -0.25) is 4.79 Å². The van der Waals surface area contributed by atoms with Crippen LogP contribution in [0.5, 0.6) is 0 Å². The minimum atomic E-state index is 0.516. The van der Waals surface area contributed by atoms with E-state index in [-0.39, 0.29) is 0 Å². The number of carbonyl (C=O) groups excluding carboxylic acids is 1. The van der Waals surface area contributed by atoms with E-state index in [2.05, 4.69) is 6.92 Å². The molecule has 1 rings (SSSR count). The second-order valence-electron chi connectivity index (χ2n) is 5.03. The van der Waals surface area contributed by atoms with Crippen LogP contribution in [0.2, 0.25) is 0 Å². The third-order valence-electron chi connectivity index (χ3n) is 3.66. The molecule has 0 aliphatic heterocycles. The SMILES string of the molecule is CCC1CCCCCCCCCC(=O)C1. The van der Waals surface area contributed by atoms with Gasteiger partial charge in [0.25, 0.3) is 0 Å². The van der Waals surface area contributed by atoms with Gasteiger partial charge in [-0.1, -0.05) is 58.3 Å². The number of hydrogen-bond donors (Lipinski definition) is 0. The molecule has 1 aliphatic carbocycles. The standard InChI is InChI=1S/C14H26O/c1-2-13-10-8-6-4-3-5-7-9-11-14(15)12-13/h13H,2-12H2,1H3. The Morgan fingerprint density at radius 2 is 1.60 bits per heavy atom. The van der Waals surface area contributed by atoms with Gasteiger partial charge in [0.2, 0.25) is 0 Å². The van der Waals surface area contributed by atoms with E-state index >= 15 is 0 Å². The summed E-state index contributed by atoms with van der Waals surface area (Å²) < 4.78 is 0. The first kappa shape index (κ1) is 12.7. The van der Waals surface area contributed by atoms with Crippen LogP contribution in [-0.4, -0.2) is 5.78 Å². The van der Waals surface area contributed by atoms with E-state index < -0.39 is 0 Å². The van der Waals surface area contributed by atoms with E-state index in [1.54, 1.807) is 0 Å². The van der Waals surface area contributed by atoms with Gasteiger partial charge in [0.05, 0.1) is 0 Å². The molecule has 0 amide bonds. The lowest BCUT2D eigenvalue weighted by atomic mass is 9.90. The molecule has 0 N–H and O–H groups in total. The monoisotopic (exact) mass is 210 g/mol. The summed E-state index contributed by atoms with van der Waals surface area (Å²) in [6.45, 7) is 2.23. The lowest BCUT2D eigenvalue weighted by Gasteiger charge is -2.14. The van der Waals surface area contributed by atoms with Crippen LogP contribution in [0.15, 0.2) is 0 Å². The highest BCUT2D eigenvalue weighted by Crippen LogP contribution is 2.21. The van der Waals surface area contributed by atoms with Crippen LogP contribution in [0, 0.1) is 5.92 Å². The fourth-order valence-corrected chi connectivity index (χ4v) is 2.51. The van der Waals surface area contributed by atoms with Crippen LogP contribution in [-0.2, 0) is 4.79 Å². The number of hydrogen-bond acceptors (Lipinski definition) is 1. The molecule has 0 aromatic heterocycles. The Morgan fingerprint density at radius 3 is 2.27 bits per heavy atom. The maximum atomic E-state index is 11.7. The molecule has 0 spiro atoms. The van der Waals surface area contributed by atoms with Crippen molar-refractivity contribution in [1.82, 2.24) is 0 Å². The predicted molar refractivity (Wildman–Crippen MR) is 65.0 cm³/mol. The molecule has 0 aromatic carbocycles. The first-order chi connectivity index (χ1) is 7.33. The molecule has 0 saturated heterocycles. The normalized spacial score (nSPS) is 26.7. The Morgan fingerprint density at radius 1 is 1.00 bits per heavy atom. The van der Waals surface area contributed by atoms with E-state index in [0.717, 1.165) is 19.3 Å². The van der Waals surface area contributed by atoms with E-state index in [9.17, 15) is 4.79 Å². The van der Waals surface area contributed by atoms with Crippen molar-refractivity contribution in [1.29, 1.82) is 0 Å². The predicted octanol–water partition coefficient (Wildman–Crippen LogP) is 4.50. The molecule has 1 atom stereocenters. The van der Waals surface area contributed by atoms with Crippen molar-refractivity contribution < 1.29 is 4.79 Å². The van der Waals surface area contributed by atoms with Crippen molar-refractivity contribution in [3.63, 3.8) is 0 Å². The number of Topliss-reactive ketones (excluding diaryl/α,β-unsaturated/α-hetero) is 1. The van der Waals surface area contributed by atoms with Crippen LogP contribution in [0.3, 0.4) is 0 Å². The molecule has 15 heavy (non-hydrogen) atoms.